The normalized spacial score (nSPS) is 17.6. The van der Waals surface area contributed by atoms with Crippen molar-refractivity contribution in [1.82, 2.24) is 19.8 Å². The van der Waals surface area contributed by atoms with Crippen molar-refractivity contribution in [3.05, 3.63) is 18.2 Å². The van der Waals surface area contributed by atoms with E-state index in [4.69, 9.17) is 0 Å². The van der Waals surface area contributed by atoms with Gasteiger partial charge in [0.1, 0.15) is 5.82 Å². The van der Waals surface area contributed by atoms with Crippen LogP contribution >= 0.6 is 0 Å². The quantitative estimate of drug-likeness (QED) is 0.873. The molecule has 0 spiro atoms. The van der Waals surface area contributed by atoms with Crippen LogP contribution in [0.3, 0.4) is 0 Å². The predicted octanol–water partition coefficient (Wildman–Crippen LogP) is 2.11. The predicted molar refractivity (Wildman–Crippen MR) is 83.8 cm³/mol. The van der Waals surface area contributed by atoms with E-state index < -0.39 is 0 Å². The summed E-state index contributed by atoms with van der Waals surface area (Å²) >= 11 is 0. The van der Waals surface area contributed by atoms with Gasteiger partial charge in [0.05, 0.1) is 12.6 Å². The van der Waals surface area contributed by atoms with Gasteiger partial charge in [-0.3, -0.25) is 9.69 Å². The van der Waals surface area contributed by atoms with Gasteiger partial charge in [0.25, 0.3) is 0 Å². The van der Waals surface area contributed by atoms with E-state index >= 15 is 0 Å². The first kappa shape index (κ1) is 16.0. The molecule has 1 fully saturated rings. The maximum Gasteiger partial charge on any atom is 0.234 e. The second-order valence-electron chi connectivity index (χ2n) is 6.54. The van der Waals surface area contributed by atoms with E-state index in [0.717, 1.165) is 5.82 Å². The molecule has 1 atom stereocenters. The fraction of sp³-hybridized carbons (Fsp3) is 0.750. The highest BCUT2D eigenvalue weighted by molar-refractivity contribution is 5.78. The van der Waals surface area contributed by atoms with Gasteiger partial charge in [-0.1, -0.05) is 26.7 Å². The van der Waals surface area contributed by atoms with Crippen LogP contribution in [0.1, 0.15) is 51.4 Å². The Hall–Kier alpha value is -1.36. The first-order valence-electron chi connectivity index (χ1n) is 7.96. The van der Waals surface area contributed by atoms with Gasteiger partial charge >= 0.3 is 0 Å². The molecule has 1 heterocycles. The van der Waals surface area contributed by atoms with Crippen molar-refractivity contribution < 1.29 is 4.79 Å². The lowest BCUT2D eigenvalue weighted by Crippen LogP contribution is -2.42. The number of amides is 1. The maximum atomic E-state index is 12.3. The third-order valence-electron chi connectivity index (χ3n) is 4.46. The number of carbonyl (C=O) groups excluding carboxylic acids is 1. The summed E-state index contributed by atoms with van der Waals surface area (Å²) in [5.41, 5.74) is 0. The van der Waals surface area contributed by atoms with Gasteiger partial charge in [0.15, 0.2) is 0 Å². The molecule has 0 aliphatic heterocycles. The van der Waals surface area contributed by atoms with Crippen molar-refractivity contribution in [3.63, 3.8) is 0 Å². The lowest BCUT2D eigenvalue weighted by atomic mass is 10.0. The second kappa shape index (κ2) is 7.07. The Balaban J connectivity index is 1.94. The Morgan fingerprint density at radius 3 is 2.67 bits per heavy atom. The Morgan fingerprint density at radius 2 is 2.14 bits per heavy atom. The second-order valence-corrected chi connectivity index (χ2v) is 6.54. The summed E-state index contributed by atoms with van der Waals surface area (Å²) in [5.74, 6) is 1.32. The molecule has 0 radical (unpaired) electrons. The molecule has 0 saturated heterocycles. The molecule has 5 nitrogen and oxygen atoms in total. The largest absolute Gasteiger partial charge is 0.345 e. The average Bonchev–Trinajstić information content (AvgIpc) is 3.06. The molecule has 1 amide bonds. The van der Waals surface area contributed by atoms with Crippen LogP contribution < -0.4 is 5.32 Å². The van der Waals surface area contributed by atoms with Crippen molar-refractivity contribution in [1.29, 1.82) is 0 Å². The summed E-state index contributed by atoms with van der Waals surface area (Å²) in [6, 6.07) is 0.538. The highest BCUT2D eigenvalue weighted by Gasteiger charge is 2.25. The first-order valence-corrected chi connectivity index (χ1v) is 7.96. The SMILES string of the molecule is CC(C)[C@@H](NC(=O)CN(C)C1CCCC1)c1nccn1C. The summed E-state index contributed by atoms with van der Waals surface area (Å²) in [5, 5.41) is 3.15. The van der Waals surface area contributed by atoms with Crippen LogP contribution in [0, 0.1) is 5.92 Å². The number of rotatable bonds is 6. The summed E-state index contributed by atoms with van der Waals surface area (Å²) in [7, 11) is 4.02. The molecule has 1 aromatic heterocycles. The molecule has 0 aromatic carbocycles. The minimum absolute atomic E-state index is 0.0329. The van der Waals surface area contributed by atoms with E-state index in [1.165, 1.54) is 25.7 Å². The van der Waals surface area contributed by atoms with E-state index in [0.29, 0.717) is 18.5 Å². The van der Waals surface area contributed by atoms with Crippen LogP contribution in [-0.2, 0) is 11.8 Å². The van der Waals surface area contributed by atoms with E-state index in [1.807, 2.05) is 17.8 Å². The standard InChI is InChI=1S/C16H28N4O/c1-12(2)15(16-17-9-10-19(16)3)18-14(21)11-20(4)13-7-5-6-8-13/h9-10,12-13,15H,5-8,11H2,1-4H3,(H,18,21)/t15-/m1/s1. The fourth-order valence-electron chi connectivity index (χ4n) is 3.13. The first-order chi connectivity index (χ1) is 9.99. The maximum absolute atomic E-state index is 12.3. The summed E-state index contributed by atoms with van der Waals surface area (Å²) in [6.07, 6.45) is 8.72. The molecule has 1 N–H and O–H groups in total. The van der Waals surface area contributed by atoms with E-state index in [1.54, 1.807) is 6.20 Å². The molecular formula is C16H28N4O. The van der Waals surface area contributed by atoms with Crippen LogP contribution in [0.5, 0.6) is 0 Å². The van der Waals surface area contributed by atoms with Gasteiger partial charge in [0.2, 0.25) is 5.91 Å². The highest BCUT2D eigenvalue weighted by Crippen LogP contribution is 2.23. The summed E-state index contributed by atoms with van der Waals surface area (Å²) in [6.45, 7) is 4.69. The molecule has 1 aromatic rings. The van der Waals surface area contributed by atoms with Crippen molar-refractivity contribution in [2.45, 2.75) is 51.6 Å². The minimum atomic E-state index is -0.0329. The topological polar surface area (TPSA) is 50.2 Å². The molecule has 1 saturated carbocycles. The lowest BCUT2D eigenvalue weighted by Gasteiger charge is -2.26. The number of nitrogens with zero attached hydrogens (tertiary/aromatic N) is 3. The number of nitrogens with one attached hydrogen (secondary N) is 1. The zero-order valence-electron chi connectivity index (χ0n) is 13.7. The van der Waals surface area contributed by atoms with Gasteiger partial charge in [-0.05, 0) is 25.8 Å². The summed E-state index contributed by atoms with van der Waals surface area (Å²) < 4.78 is 1.98. The number of imidazole rings is 1. The van der Waals surface area contributed by atoms with Crippen LogP contribution in [0.4, 0.5) is 0 Å². The van der Waals surface area contributed by atoms with E-state index in [9.17, 15) is 4.79 Å². The van der Waals surface area contributed by atoms with E-state index in [2.05, 4.69) is 36.1 Å². The summed E-state index contributed by atoms with van der Waals surface area (Å²) in [4.78, 5) is 18.9. The molecule has 0 unspecified atom stereocenters. The molecular weight excluding hydrogens is 264 g/mol. The van der Waals surface area contributed by atoms with Crippen molar-refractivity contribution in [3.8, 4) is 0 Å². The van der Waals surface area contributed by atoms with Crippen LogP contribution in [0.25, 0.3) is 0 Å². The molecule has 118 valence electrons. The molecule has 2 rings (SSSR count). The molecule has 5 heteroatoms. The van der Waals surface area contributed by atoms with Gasteiger partial charge < -0.3 is 9.88 Å². The monoisotopic (exact) mass is 292 g/mol. The Labute approximate surface area is 127 Å². The Bertz CT molecular complexity index is 463. The minimum Gasteiger partial charge on any atom is -0.345 e. The van der Waals surface area contributed by atoms with Crippen molar-refractivity contribution in [2.75, 3.05) is 13.6 Å². The van der Waals surface area contributed by atoms with Crippen molar-refractivity contribution in [2.24, 2.45) is 13.0 Å². The average molecular weight is 292 g/mol. The molecule has 21 heavy (non-hydrogen) atoms. The number of hydrogen-bond donors (Lipinski definition) is 1. The third-order valence-corrected chi connectivity index (χ3v) is 4.46. The smallest absolute Gasteiger partial charge is 0.234 e. The number of aryl methyl sites for hydroxylation is 1. The van der Waals surface area contributed by atoms with Crippen LogP contribution in [0.2, 0.25) is 0 Å². The number of hydrogen-bond acceptors (Lipinski definition) is 3. The fourth-order valence-corrected chi connectivity index (χ4v) is 3.13. The van der Waals surface area contributed by atoms with Gasteiger partial charge in [0, 0.05) is 25.5 Å². The van der Waals surface area contributed by atoms with Gasteiger partial charge in [-0.15, -0.1) is 0 Å². The third kappa shape index (κ3) is 4.06. The highest BCUT2D eigenvalue weighted by atomic mass is 16.2. The molecule has 1 aliphatic carbocycles. The zero-order valence-corrected chi connectivity index (χ0v) is 13.7. The molecule has 1 aliphatic rings. The Kier molecular flexibility index (Phi) is 5.39. The zero-order chi connectivity index (χ0) is 15.4. The van der Waals surface area contributed by atoms with Gasteiger partial charge in [-0.25, -0.2) is 4.98 Å². The number of aromatic nitrogens is 2. The van der Waals surface area contributed by atoms with E-state index in [-0.39, 0.29) is 11.9 Å². The Morgan fingerprint density at radius 1 is 1.48 bits per heavy atom. The van der Waals surface area contributed by atoms with Gasteiger partial charge in [-0.2, -0.15) is 0 Å². The van der Waals surface area contributed by atoms with Crippen LogP contribution in [0.15, 0.2) is 12.4 Å². The number of carbonyl (C=O) groups is 1. The van der Waals surface area contributed by atoms with Crippen LogP contribution in [-0.4, -0.2) is 40.0 Å². The number of likely N-dealkylation sites (N-methyl/N-ethyl adjacent to an activating group) is 1. The lowest BCUT2D eigenvalue weighted by molar-refractivity contribution is -0.123. The molecule has 0 bridgehead atoms. The van der Waals surface area contributed by atoms with Crippen molar-refractivity contribution >= 4 is 5.91 Å².